The number of nitrogens with zero attached hydrogens (tertiary/aromatic N) is 1. The SMILES string of the molecule is CC1CN(C(=O)c2ccccc2F)C(C)(C)CN1. The molecule has 2 rings (SSSR count). The van der Waals surface area contributed by atoms with E-state index >= 15 is 0 Å². The second-order valence-corrected chi connectivity index (χ2v) is 5.49. The fraction of sp³-hybridized carbons (Fsp3) is 0.500. The molecule has 1 saturated heterocycles. The molecule has 0 aromatic heterocycles. The second-order valence-electron chi connectivity index (χ2n) is 5.49. The molecule has 1 N–H and O–H groups in total. The van der Waals surface area contributed by atoms with Gasteiger partial charge in [-0.15, -0.1) is 0 Å². The van der Waals surface area contributed by atoms with E-state index in [-0.39, 0.29) is 23.1 Å². The van der Waals surface area contributed by atoms with Gasteiger partial charge in [-0.2, -0.15) is 0 Å². The fourth-order valence-electron chi connectivity index (χ4n) is 2.24. The molecule has 1 fully saturated rings. The van der Waals surface area contributed by atoms with E-state index in [1.165, 1.54) is 6.07 Å². The maximum absolute atomic E-state index is 13.7. The Bertz CT molecular complexity index is 459. The van der Waals surface area contributed by atoms with Crippen molar-refractivity contribution < 1.29 is 9.18 Å². The lowest BCUT2D eigenvalue weighted by molar-refractivity contribution is 0.0406. The normalized spacial score (nSPS) is 22.9. The van der Waals surface area contributed by atoms with Crippen molar-refractivity contribution in [3.63, 3.8) is 0 Å². The maximum Gasteiger partial charge on any atom is 0.257 e. The minimum atomic E-state index is -0.454. The van der Waals surface area contributed by atoms with Gasteiger partial charge in [0.05, 0.1) is 11.1 Å². The lowest BCUT2D eigenvalue weighted by atomic mass is 9.96. The molecule has 3 nitrogen and oxygen atoms in total. The monoisotopic (exact) mass is 250 g/mol. The van der Waals surface area contributed by atoms with Crippen molar-refractivity contribution in [1.29, 1.82) is 0 Å². The highest BCUT2D eigenvalue weighted by Gasteiger charge is 2.36. The summed E-state index contributed by atoms with van der Waals surface area (Å²) in [6.07, 6.45) is 0. The summed E-state index contributed by atoms with van der Waals surface area (Å²) >= 11 is 0. The molecule has 1 aliphatic heterocycles. The first-order chi connectivity index (χ1) is 8.42. The summed E-state index contributed by atoms with van der Waals surface area (Å²) < 4.78 is 13.7. The van der Waals surface area contributed by atoms with Gasteiger partial charge in [0, 0.05) is 19.1 Å². The standard InChI is InChI=1S/C14H19FN2O/c1-10-8-17(14(2,3)9-16-10)13(18)11-6-4-5-7-12(11)15/h4-7,10,16H,8-9H2,1-3H3. The molecule has 1 heterocycles. The molecule has 0 bridgehead atoms. The zero-order valence-corrected chi connectivity index (χ0v) is 11.0. The Morgan fingerprint density at radius 1 is 1.44 bits per heavy atom. The van der Waals surface area contributed by atoms with Crippen molar-refractivity contribution in [3.05, 3.63) is 35.6 Å². The van der Waals surface area contributed by atoms with Crippen LogP contribution >= 0.6 is 0 Å². The number of nitrogens with one attached hydrogen (secondary N) is 1. The highest BCUT2D eigenvalue weighted by molar-refractivity contribution is 5.95. The average molecular weight is 250 g/mol. The lowest BCUT2D eigenvalue weighted by Crippen LogP contribution is -2.62. The lowest BCUT2D eigenvalue weighted by Gasteiger charge is -2.45. The van der Waals surface area contributed by atoms with Crippen LogP contribution in [0.4, 0.5) is 4.39 Å². The predicted molar refractivity (Wildman–Crippen MR) is 69.0 cm³/mol. The van der Waals surface area contributed by atoms with Crippen molar-refractivity contribution in [1.82, 2.24) is 10.2 Å². The summed E-state index contributed by atoms with van der Waals surface area (Å²) in [5, 5.41) is 3.34. The van der Waals surface area contributed by atoms with Gasteiger partial charge in [-0.25, -0.2) is 4.39 Å². The summed E-state index contributed by atoms with van der Waals surface area (Å²) in [6, 6.07) is 6.38. The molecule has 4 heteroatoms. The molecule has 1 amide bonds. The van der Waals surface area contributed by atoms with E-state index in [0.29, 0.717) is 13.1 Å². The highest BCUT2D eigenvalue weighted by atomic mass is 19.1. The number of carbonyl (C=O) groups excluding carboxylic acids is 1. The fourth-order valence-corrected chi connectivity index (χ4v) is 2.24. The smallest absolute Gasteiger partial charge is 0.257 e. The summed E-state index contributed by atoms with van der Waals surface area (Å²) in [7, 11) is 0. The highest BCUT2D eigenvalue weighted by Crippen LogP contribution is 2.22. The Labute approximate surface area is 107 Å². The Morgan fingerprint density at radius 3 is 2.78 bits per heavy atom. The molecule has 98 valence electrons. The Hall–Kier alpha value is -1.42. The third-order valence-electron chi connectivity index (χ3n) is 3.42. The molecular formula is C14H19FN2O. The van der Waals surface area contributed by atoms with E-state index in [1.807, 2.05) is 20.8 Å². The average Bonchev–Trinajstić information content (AvgIpc) is 2.32. The van der Waals surface area contributed by atoms with Gasteiger partial charge < -0.3 is 10.2 Å². The number of rotatable bonds is 1. The van der Waals surface area contributed by atoms with Crippen LogP contribution in [-0.2, 0) is 0 Å². The first-order valence-electron chi connectivity index (χ1n) is 6.22. The number of hydrogen-bond donors (Lipinski definition) is 1. The number of piperazine rings is 1. The first-order valence-corrected chi connectivity index (χ1v) is 6.22. The molecule has 0 saturated carbocycles. The summed E-state index contributed by atoms with van der Waals surface area (Å²) in [5.41, 5.74) is -0.147. The van der Waals surface area contributed by atoms with Gasteiger partial charge >= 0.3 is 0 Å². The summed E-state index contributed by atoms with van der Waals surface area (Å²) in [4.78, 5) is 14.2. The van der Waals surface area contributed by atoms with Crippen LogP contribution in [0.5, 0.6) is 0 Å². The van der Waals surface area contributed by atoms with Crippen molar-refractivity contribution in [3.8, 4) is 0 Å². The number of hydrogen-bond acceptors (Lipinski definition) is 2. The van der Waals surface area contributed by atoms with Gasteiger partial charge in [-0.05, 0) is 32.9 Å². The molecule has 1 atom stereocenters. The van der Waals surface area contributed by atoms with Crippen LogP contribution in [0.3, 0.4) is 0 Å². The third-order valence-corrected chi connectivity index (χ3v) is 3.42. The Balaban J connectivity index is 2.30. The zero-order chi connectivity index (χ0) is 13.3. The third kappa shape index (κ3) is 2.38. The molecule has 0 spiro atoms. The minimum absolute atomic E-state index is 0.152. The van der Waals surface area contributed by atoms with E-state index in [4.69, 9.17) is 0 Å². The maximum atomic E-state index is 13.7. The molecule has 1 unspecified atom stereocenters. The van der Waals surface area contributed by atoms with Crippen LogP contribution in [0.2, 0.25) is 0 Å². The van der Waals surface area contributed by atoms with Crippen molar-refractivity contribution in [2.75, 3.05) is 13.1 Å². The van der Waals surface area contributed by atoms with E-state index in [2.05, 4.69) is 5.32 Å². The van der Waals surface area contributed by atoms with Gasteiger partial charge in [-0.1, -0.05) is 12.1 Å². The number of halogens is 1. The minimum Gasteiger partial charge on any atom is -0.331 e. The van der Waals surface area contributed by atoms with Gasteiger partial charge in [0.1, 0.15) is 5.82 Å². The van der Waals surface area contributed by atoms with Gasteiger partial charge in [0.15, 0.2) is 0 Å². The van der Waals surface area contributed by atoms with Crippen molar-refractivity contribution in [2.24, 2.45) is 0 Å². The van der Waals surface area contributed by atoms with Crippen LogP contribution < -0.4 is 5.32 Å². The van der Waals surface area contributed by atoms with Crippen molar-refractivity contribution in [2.45, 2.75) is 32.4 Å². The van der Waals surface area contributed by atoms with Gasteiger partial charge in [0.2, 0.25) is 0 Å². The molecule has 0 radical (unpaired) electrons. The second kappa shape index (κ2) is 4.69. The molecular weight excluding hydrogens is 231 g/mol. The van der Waals surface area contributed by atoms with E-state index in [0.717, 1.165) is 0 Å². The van der Waals surface area contributed by atoms with Crippen LogP contribution in [0, 0.1) is 5.82 Å². The number of amides is 1. The van der Waals surface area contributed by atoms with Crippen molar-refractivity contribution >= 4 is 5.91 Å². The van der Waals surface area contributed by atoms with E-state index < -0.39 is 5.82 Å². The Kier molecular flexibility index (Phi) is 3.39. The largest absolute Gasteiger partial charge is 0.331 e. The summed E-state index contributed by atoms with van der Waals surface area (Å²) in [5.74, 6) is -0.684. The first kappa shape index (κ1) is 13.0. The number of benzene rings is 1. The zero-order valence-electron chi connectivity index (χ0n) is 11.0. The van der Waals surface area contributed by atoms with E-state index in [9.17, 15) is 9.18 Å². The molecule has 1 aliphatic rings. The molecule has 1 aromatic carbocycles. The van der Waals surface area contributed by atoms with Crippen LogP contribution in [0.15, 0.2) is 24.3 Å². The molecule has 18 heavy (non-hydrogen) atoms. The molecule has 1 aromatic rings. The predicted octanol–water partition coefficient (Wildman–Crippen LogP) is 2.04. The van der Waals surface area contributed by atoms with Gasteiger partial charge in [-0.3, -0.25) is 4.79 Å². The van der Waals surface area contributed by atoms with Crippen LogP contribution in [0.1, 0.15) is 31.1 Å². The van der Waals surface area contributed by atoms with Gasteiger partial charge in [0.25, 0.3) is 5.91 Å². The van der Waals surface area contributed by atoms with Crippen LogP contribution in [-0.4, -0.2) is 35.5 Å². The molecule has 0 aliphatic carbocycles. The van der Waals surface area contributed by atoms with Crippen LogP contribution in [0.25, 0.3) is 0 Å². The Morgan fingerprint density at radius 2 is 2.11 bits per heavy atom. The summed E-state index contributed by atoms with van der Waals surface area (Å²) in [6.45, 7) is 7.32. The topological polar surface area (TPSA) is 32.3 Å². The number of carbonyl (C=O) groups is 1. The quantitative estimate of drug-likeness (QED) is 0.827. The van der Waals surface area contributed by atoms with E-state index in [1.54, 1.807) is 23.1 Å².